The summed E-state index contributed by atoms with van der Waals surface area (Å²) in [6, 6.07) is 9.87. The second kappa shape index (κ2) is 8.28. The number of hydrogen-bond donors (Lipinski definition) is 1. The number of carbonyl (C=O) groups is 3. The van der Waals surface area contributed by atoms with E-state index in [9.17, 15) is 14.4 Å². The van der Waals surface area contributed by atoms with Gasteiger partial charge in [0.05, 0.1) is 0 Å². The zero-order chi connectivity index (χ0) is 18.4. The zero-order valence-corrected chi connectivity index (χ0v) is 14.6. The molecule has 0 unspecified atom stereocenters. The topological polar surface area (TPSA) is 77.4 Å². The van der Waals surface area contributed by atoms with E-state index in [-0.39, 0.29) is 24.2 Å². The van der Waals surface area contributed by atoms with Crippen molar-refractivity contribution in [2.24, 2.45) is 13.0 Å². The number of benzene rings is 1. The van der Waals surface area contributed by atoms with Crippen LogP contribution in [0.4, 0.5) is 5.69 Å². The first kappa shape index (κ1) is 18.4. The van der Waals surface area contributed by atoms with Crippen LogP contribution in [0.1, 0.15) is 41.1 Å². The Morgan fingerprint density at radius 1 is 1.12 bits per heavy atom. The average Bonchev–Trinajstić information content (AvgIpc) is 2.98. The molecule has 0 spiro atoms. The first-order valence-corrected chi connectivity index (χ1v) is 8.08. The lowest BCUT2D eigenvalue weighted by Crippen LogP contribution is -2.16. The highest BCUT2D eigenvalue weighted by Gasteiger charge is 2.14. The van der Waals surface area contributed by atoms with Gasteiger partial charge in [0.1, 0.15) is 5.69 Å². The molecule has 0 atom stereocenters. The first-order chi connectivity index (χ1) is 11.9. The maximum Gasteiger partial charge on any atom is 0.355 e. The number of nitrogens with zero attached hydrogens (tertiary/aromatic N) is 1. The Morgan fingerprint density at radius 3 is 2.36 bits per heavy atom. The van der Waals surface area contributed by atoms with Gasteiger partial charge in [0.15, 0.2) is 12.4 Å². The van der Waals surface area contributed by atoms with E-state index in [0.717, 1.165) is 0 Å². The molecule has 25 heavy (non-hydrogen) atoms. The number of ether oxygens (including phenoxy) is 1. The molecule has 132 valence electrons. The summed E-state index contributed by atoms with van der Waals surface area (Å²) in [5.41, 5.74) is 1.43. The van der Waals surface area contributed by atoms with Crippen molar-refractivity contribution in [3.05, 3.63) is 53.9 Å². The average molecular weight is 342 g/mol. The SMILES string of the molecule is CC(C)CC(=O)Nc1ccc(C(=O)COC(=O)c2cccn2C)cc1. The fraction of sp³-hybridized carbons (Fsp3) is 0.316. The summed E-state index contributed by atoms with van der Waals surface area (Å²) in [5, 5.41) is 2.78. The molecule has 0 bridgehead atoms. The Hall–Kier alpha value is -2.89. The molecule has 0 aliphatic rings. The van der Waals surface area contributed by atoms with Gasteiger partial charge in [-0.25, -0.2) is 4.79 Å². The van der Waals surface area contributed by atoms with Crippen molar-refractivity contribution in [2.45, 2.75) is 20.3 Å². The summed E-state index contributed by atoms with van der Waals surface area (Å²) >= 11 is 0. The highest BCUT2D eigenvalue weighted by atomic mass is 16.5. The van der Waals surface area contributed by atoms with Crippen LogP contribution in [0.5, 0.6) is 0 Å². The maximum atomic E-state index is 12.1. The van der Waals surface area contributed by atoms with E-state index < -0.39 is 5.97 Å². The number of nitrogens with one attached hydrogen (secondary N) is 1. The smallest absolute Gasteiger partial charge is 0.355 e. The van der Waals surface area contributed by atoms with Gasteiger partial charge < -0.3 is 14.6 Å². The minimum absolute atomic E-state index is 0.0643. The van der Waals surface area contributed by atoms with Crippen LogP contribution in [0.3, 0.4) is 0 Å². The number of Topliss-reactive ketones (excluding diaryl/α,β-unsaturated/α-hetero) is 1. The van der Waals surface area contributed by atoms with Gasteiger partial charge in [0.2, 0.25) is 5.91 Å². The van der Waals surface area contributed by atoms with Gasteiger partial charge in [-0.05, 0) is 42.3 Å². The van der Waals surface area contributed by atoms with Crippen molar-refractivity contribution in [1.29, 1.82) is 0 Å². The van der Waals surface area contributed by atoms with E-state index >= 15 is 0 Å². The quantitative estimate of drug-likeness (QED) is 0.620. The molecular weight excluding hydrogens is 320 g/mol. The van der Waals surface area contributed by atoms with E-state index in [1.807, 2.05) is 13.8 Å². The number of hydrogen-bond acceptors (Lipinski definition) is 4. The molecule has 0 radical (unpaired) electrons. The Bertz CT molecular complexity index is 760. The Balaban J connectivity index is 1.89. The summed E-state index contributed by atoms with van der Waals surface area (Å²) in [6.07, 6.45) is 2.17. The number of rotatable bonds is 7. The van der Waals surface area contributed by atoms with Crippen molar-refractivity contribution in [3.63, 3.8) is 0 Å². The molecule has 1 aromatic carbocycles. The highest BCUT2D eigenvalue weighted by molar-refractivity contribution is 5.99. The molecule has 2 aromatic rings. The summed E-state index contributed by atoms with van der Waals surface area (Å²) < 4.78 is 6.67. The standard InChI is InChI=1S/C19H22N2O4/c1-13(2)11-18(23)20-15-8-6-14(7-9-15)17(22)12-25-19(24)16-5-4-10-21(16)3/h4-10,13H,11-12H2,1-3H3,(H,20,23). The summed E-state index contributed by atoms with van der Waals surface area (Å²) in [5.74, 6) is -0.633. The predicted octanol–water partition coefficient (Wildman–Crippen LogP) is 3.05. The monoisotopic (exact) mass is 342 g/mol. The van der Waals surface area contributed by atoms with Crippen LogP contribution in [0.15, 0.2) is 42.6 Å². The Labute approximate surface area is 146 Å². The lowest BCUT2D eigenvalue weighted by Gasteiger charge is -2.08. The molecule has 6 heteroatoms. The maximum absolute atomic E-state index is 12.1. The fourth-order valence-corrected chi connectivity index (χ4v) is 2.28. The summed E-state index contributed by atoms with van der Waals surface area (Å²) in [6.45, 7) is 3.61. The number of ketones is 1. The Kier molecular flexibility index (Phi) is 6.11. The molecule has 0 aliphatic carbocycles. The van der Waals surface area contributed by atoms with Crippen LogP contribution in [-0.4, -0.2) is 28.8 Å². The lowest BCUT2D eigenvalue weighted by molar-refractivity contribution is -0.116. The van der Waals surface area contributed by atoms with E-state index in [1.165, 1.54) is 0 Å². The first-order valence-electron chi connectivity index (χ1n) is 8.08. The Morgan fingerprint density at radius 2 is 1.80 bits per heavy atom. The van der Waals surface area contributed by atoms with E-state index in [4.69, 9.17) is 4.74 Å². The van der Waals surface area contributed by atoms with Gasteiger partial charge in [-0.15, -0.1) is 0 Å². The van der Waals surface area contributed by atoms with Crippen LogP contribution in [-0.2, 0) is 16.6 Å². The van der Waals surface area contributed by atoms with Crippen LogP contribution in [0, 0.1) is 5.92 Å². The van der Waals surface area contributed by atoms with Gasteiger partial charge in [-0.3, -0.25) is 9.59 Å². The van der Waals surface area contributed by atoms with E-state index in [0.29, 0.717) is 23.4 Å². The molecular formula is C19H22N2O4. The van der Waals surface area contributed by atoms with Crippen molar-refractivity contribution in [1.82, 2.24) is 4.57 Å². The number of amides is 1. The number of carbonyl (C=O) groups excluding carboxylic acids is 3. The van der Waals surface area contributed by atoms with Crippen LogP contribution >= 0.6 is 0 Å². The number of aryl methyl sites for hydroxylation is 1. The molecule has 6 nitrogen and oxygen atoms in total. The molecule has 2 rings (SSSR count). The third kappa shape index (κ3) is 5.31. The zero-order valence-electron chi connectivity index (χ0n) is 14.6. The number of esters is 1. The van der Waals surface area contributed by atoms with Crippen molar-refractivity contribution in [3.8, 4) is 0 Å². The van der Waals surface area contributed by atoms with Crippen LogP contribution in [0.2, 0.25) is 0 Å². The second-order valence-electron chi connectivity index (χ2n) is 6.23. The van der Waals surface area contributed by atoms with Gasteiger partial charge in [0.25, 0.3) is 0 Å². The van der Waals surface area contributed by atoms with Crippen molar-refractivity contribution in [2.75, 3.05) is 11.9 Å². The third-order valence-electron chi connectivity index (χ3n) is 3.57. The van der Waals surface area contributed by atoms with Gasteiger partial charge in [0, 0.05) is 30.9 Å². The van der Waals surface area contributed by atoms with Gasteiger partial charge in [-0.1, -0.05) is 13.8 Å². The van der Waals surface area contributed by atoms with Gasteiger partial charge >= 0.3 is 5.97 Å². The van der Waals surface area contributed by atoms with Crippen LogP contribution in [0.25, 0.3) is 0 Å². The van der Waals surface area contributed by atoms with Crippen LogP contribution < -0.4 is 5.32 Å². The molecule has 1 heterocycles. The summed E-state index contributed by atoms with van der Waals surface area (Å²) in [7, 11) is 1.73. The second-order valence-corrected chi connectivity index (χ2v) is 6.23. The van der Waals surface area contributed by atoms with Crippen molar-refractivity contribution >= 4 is 23.3 Å². The molecule has 0 aliphatic heterocycles. The van der Waals surface area contributed by atoms with E-state index in [1.54, 1.807) is 54.2 Å². The molecule has 0 saturated heterocycles. The molecule has 1 N–H and O–H groups in total. The normalized spacial score (nSPS) is 10.6. The lowest BCUT2D eigenvalue weighted by atomic mass is 10.1. The molecule has 0 fully saturated rings. The fourth-order valence-electron chi connectivity index (χ4n) is 2.28. The molecule has 1 aromatic heterocycles. The van der Waals surface area contributed by atoms with E-state index in [2.05, 4.69) is 5.32 Å². The van der Waals surface area contributed by atoms with Gasteiger partial charge in [-0.2, -0.15) is 0 Å². The minimum Gasteiger partial charge on any atom is -0.453 e. The number of aromatic nitrogens is 1. The van der Waals surface area contributed by atoms with Crippen molar-refractivity contribution < 1.29 is 19.1 Å². The summed E-state index contributed by atoms with van der Waals surface area (Å²) in [4.78, 5) is 35.7. The third-order valence-corrected chi connectivity index (χ3v) is 3.57. The predicted molar refractivity (Wildman–Crippen MR) is 94.6 cm³/mol. The number of anilines is 1. The largest absolute Gasteiger partial charge is 0.453 e. The highest BCUT2D eigenvalue weighted by Crippen LogP contribution is 2.12. The molecule has 1 amide bonds. The minimum atomic E-state index is -0.543. The molecule has 0 saturated carbocycles.